The van der Waals surface area contributed by atoms with Crippen LogP contribution in [0.4, 0.5) is 5.69 Å². The van der Waals surface area contributed by atoms with E-state index < -0.39 is 0 Å². The SMILES string of the molecule is c1cc2c3c(c1)C1CCC[C@@H]1CN3CCNC2. The molecule has 0 radical (unpaired) electrons. The van der Waals surface area contributed by atoms with E-state index in [1.54, 1.807) is 11.3 Å². The number of para-hydroxylation sites is 1. The van der Waals surface area contributed by atoms with Gasteiger partial charge in [0.05, 0.1) is 0 Å². The van der Waals surface area contributed by atoms with E-state index in [0.717, 1.165) is 24.9 Å². The summed E-state index contributed by atoms with van der Waals surface area (Å²) in [5.41, 5.74) is 4.76. The molecule has 1 saturated carbocycles. The van der Waals surface area contributed by atoms with Crippen LogP contribution < -0.4 is 10.2 Å². The number of nitrogens with one attached hydrogen (secondary N) is 1. The summed E-state index contributed by atoms with van der Waals surface area (Å²) in [4.78, 5) is 2.65. The zero-order valence-corrected chi connectivity index (χ0v) is 10.3. The lowest BCUT2D eigenvalue weighted by Gasteiger charge is -2.38. The zero-order chi connectivity index (χ0) is 11.2. The summed E-state index contributed by atoms with van der Waals surface area (Å²) in [6.45, 7) is 4.67. The Morgan fingerprint density at radius 1 is 1.24 bits per heavy atom. The van der Waals surface area contributed by atoms with Crippen molar-refractivity contribution in [3.63, 3.8) is 0 Å². The van der Waals surface area contributed by atoms with Crippen molar-refractivity contribution in [3.8, 4) is 0 Å². The molecule has 90 valence electrons. The lowest BCUT2D eigenvalue weighted by atomic mass is 9.82. The van der Waals surface area contributed by atoms with E-state index in [2.05, 4.69) is 28.4 Å². The Bertz CT molecular complexity index is 441. The van der Waals surface area contributed by atoms with E-state index in [4.69, 9.17) is 0 Å². The summed E-state index contributed by atoms with van der Waals surface area (Å²) in [5, 5.41) is 3.55. The van der Waals surface area contributed by atoms with Crippen LogP contribution in [0.3, 0.4) is 0 Å². The van der Waals surface area contributed by atoms with Gasteiger partial charge in [0.25, 0.3) is 0 Å². The van der Waals surface area contributed by atoms with E-state index in [1.165, 1.54) is 37.9 Å². The third-order valence-corrected chi connectivity index (χ3v) is 4.85. The summed E-state index contributed by atoms with van der Waals surface area (Å²) in [5.74, 6) is 1.79. The van der Waals surface area contributed by atoms with Gasteiger partial charge in [0.2, 0.25) is 0 Å². The molecule has 0 aromatic heterocycles. The van der Waals surface area contributed by atoms with Gasteiger partial charge in [0.1, 0.15) is 0 Å². The number of nitrogens with zero attached hydrogens (tertiary/aromatic N) is 1. The summed E-state index contributed by atoms with van der Waals surface area (Å²) in [6, 6.07) is 6.96. The van der Waals surface area contributed by atoms with Gasteiger partial charge in [-0.05, 0) is 35.8 Å². The Morgan fingerprint density at radius 3 is 3.24 bits per heavy atom. The minimum absolute atomic E-state index is 0.860. The van der Waals surface area contributed by atoms with Crippen molar-refractivity contribution in [1.82, 2.24) is 5.32 Å². The van der Waals surface area contributed by atoms with Gasteiger partial charge in [-0.15, -0.1) is 0 Å². The monoisotopic (exact) mass is 228 g/mol. The fraction of sp³-hybridized carbons (Fsp3) is 0.600. The van der Waals surface area contributed by atoms with Crippen LogP contribution in [-0.4, -0.2) is 19.6 Å². The second kappa shape index (κ2) is 3.74. The molecular weight excluding hydrogens is 208 g/mol. The summed E-state index contributed by atoms with van der Waals surface area (Å²) >= 11 is 0. The molecule has 1 aromatic carbocycles. The molecular formula is C15H20N2. The first kappa shape index (κ1) is 9.95. The van der Waals surface area contributed by atoms with Crippen LogP contribution in [0.25, 0.3) is 0 Å². The molecule has 1 aliphatic carbocycles. The van der Waals surface area contributed by atoms with Gasteiger partial charge < -0.3 is 10.2 Å². The summed E-state index contributed by atoms with van der Waals surface area (Å²) in [7, 11) is 0. The smallest absolute Gasteiger partial charge is 0.0447 e. The van der Waals surface area contributed by atoms with Gasteiger partial charge in [-0.1, -0.05) is 24.6 Å². The number of benzene rings is 1. The normalized spacial score (nSPS) is 30.7. The molecule has 2 nitrogen and oxygen atoms in total. The molecule has 1 aromatic rings. The van der Waals surface area contributed by atoms with E-state index in [0.29, 0.717) is 0 Å². The van der Waals surface area contributed by atoms with Crippen molar-refractivity contribution < 1.29 is 0 Å². The van der Waals surface area contributed by atoms with E-state index in [-0.39, 0.29) is 0 Å². The molecule has 17 heavy (non-hydrogen) atoms. The first-order chi connectivity index (χ1) is 8.43. The van der Waals surface area contributed by atoms with Crippen molar-refractivity contribution in [3.05, 3.63) is 29.3 Å². The van der Waals surface area contributed by atoms with E-state index in [1.807, 2.05) is 0 Å². The Morgan fingerprint density at radius 2 is 2.24 bits per heavy atom. The first-order valence-corrected chi connectivity index (χ1v) is 7.01. The second-order valence-electron chi connectivity index (χ2n) is 5.78. The lowest BCUT2D eigenvalue weighted by Crippen LogP contribution is -2.38. The van der Waals surface area contributed by atoms with Crippen LogP contribution >= 0.6 is 0 Å². The quantitative estimate of drug-likeness (QED) is 0.734. The largest absolute Gasteiger partial charge is 0.369 e. The van der Waals surface area contributed by atoms with Gasteiger partial charge in [-0.2, -0.15) is 0 Å². The van der Waals surface area contributed by atoms with Crippen LogP contribution in [0, 0.1) is 5.92 Å². The third kappa shape index (κ3) is 1.43. The Labute approximate surface area is 103 Å². The van der Waals surface area contributed by atoms with Gasteiger partial charge >= 0.3 is 0 Å². The molecule has 1 N–H and O–H groups in total. The van der Waals surface area contributed by atoms with E-state index in [9.17, 15) is 0 Å². The van der Waals surface area contributed by atoms with Crippen LogP contribution in [0.2, 0.25) is 0 Å². The summed E-state index contributed by atoms with van der Waals surface area (Å²) in [6.07, 6.45) is 4.30. The van der Waals surface area contributed by atoms with Crippen LogP contribution in [0.1, 0.15) is 36.3 Å². The number of anilines is 1. The second-order valence-corrected chi connectivity index (χ2v) is 5.78. The summed E-state index contributed by atoms with van der Waals surface area (Å²) < 4.78 is 0. The molecule has 2 atom stereocenters. The fourth-order valence-corrected chi connectivity index (χ4v) is 4.12. The lowest BCUT2D eigenvalue weighted by molar-refractivity contribution is 0.454. The maximum absolute atomic E-state index is 3.55. The molecule has 2 heterocycles. The predicted molar refractivity (Wildman–Crippen MR) is 70.4 cm³/mol. The number of hydrogen-bond donors (Lipinski definition) is 1. The topological polar surface area (TPSA) is 15.3 Å². The predicted octanol–water partition coefficient (Wildman–Crippen LogP) is 2.49. The fourth-order valence-electron chi connectivity index (χ4n) is 4.12. The maximum Gasteiger partial charge on any atom is 0.0447 e. The standard InChI is InChI=1S/C15H20N2/c1-3-11-9-16-7-8-17-10-12-4-2-5-13(12)14(6-1)15(11)17/h1,3,6,12-13,16H,2,4-5,7-10H2/t12-,13?/m1/s1. The molecule has 2 heteroatoms. The molecule has 0 spiro atoms. The maximum atomic E-state index is 3.55. The number of rotatable bonds is 0. The minimum Gasteiger partial charge on any atom is -0.369 e. The van der Waals surface area contributed by atoms with Gasteiger partial charge in [0, 0.05) is 31.9 Å². The molecule has 3 aliphatic rings. The van der Waals surface area contributed by atoms with E-state index >= 15 is 0 Å². The molecule has 1 fully saturated rings. The van der Waals surface area contributed by atoms with Crippen molar-refractivity contribution >= 4 is 5.69 Å². The van der Waals surface area contributed by atoms with Gasteiger partial charge in [-0.3, -0.25) is 0 Å². The minimum atomic E-state index is 0.860. The van der Waals surface area contributed by atoms with Gasteiger partial charge in [-0.25, -0.2) is 0 Å². The van der Waals surface area contributed by atoms with Gasteiger partial charge in [0.15, 0.2) is 0 Å². The van der Waals surface area contributed by atoms with Crippen LogP contribution in [0.5, 0.6) is 0 Å². The molecule has 1 unspecified atom stereocenters. The highest BCUT2D eigenvalue weighted by molar-refractivity contribution is 5.64. The number of hydrogen-bond acceptors (Lipinski definition) is 2. The Hall–Kier alpha value is -1.02. The molecule has 0 saturated heterocycles. The molecule has 0 bridgehead atoms. The average Bonchev–Trinajstić information content (AvgIpc) is 2.73. The molecule has 2 aliphatic heterocycles. The van der Waals surface area contributed by atoms with Crippen molar-refractivity contribution in [2.75, 3.05) is 24.5 Å². The van der Waals surface area contributed by atoms with Crippen molar-refractivity contribution in [2.45, 2.75) is 31.7 Å². The van der Waals surface area contributed by atoms with Crippen LogP contribution in [0.15, 0.2) is 18.2 Å². The molecule has 4 rings (SSSR count). The average molecular weight is 228 g/mol. The van der Waals surface area contributed by atoms with Crippen LogP contribution in [-0.2, 0) is 6.54 Å². The highest BCUT2D eigenvalue weighted by Gasteiger charge is 2.37. The zero-order valence-electron chi connectivity index (χ0n) is 10.3. The third-order valence-electron chi connectivity index (χ3n) is 4.85. The van der Waals surface area contributed by atoms with Crippen molar-refractivity contribution in [1.29, 1.82) is 0 Å². The highest BCUT2D eigenvalue weighted by Crippen LogP contribution is 2.48. The highest BCUT2D eigenvalue weighted by atomic mass is 15.2. The van der Waals surface area contributed by atoms with Crippen molar-refractivity contribution in [2.24, 2.45) is 5.92 Å². The Kier molecular flexibility index (Phi) is 2.19. The molecule has 0 amide bonds. The first-order valence-electron chi connectivity index (χ1n) is 7.01. The Balaban J connectivity index is 1.88. The number of fused-ring (bicyclic) bond motifs is 2.